The van der Waals surface area contributed by atoms with Crippen molar-refractivity contribution in [2.75, 3.05) is 4.72 Å². The minimum Gasteiger partial charge on any atom is -0.280 e. The monoisotopic (exact) mass is 453 g/mol. The molecule has 4 aromatic rings. The van der Waals surface area contributed by atoms with E-state index in [4.69, 9.17) is 0 Å². The third-order valence-corrected chi connectivity index (χ3v) is 6.05. The molecule has 0 spiro atoms. The van der Waals surface area contributed by atoms with Gasteiger partial charge in [0, 0.05) is 15.7 Å². The van der Waals surface area contributed by atoms with Crippen LogP contribution in [0.5, 0.6) is 0 Å². The van der Waals surface area contributed by atoms with E-state index in [-0.39, 0.29) is 4.90 Å². The number of hydrogen-bond donors (Lipinski definition) is 1. The number of sulfonamides is 1. The highest BCUT2D eigenvalue weighted by atomic mass is 79.9. The summed E-state index contributed by atoms with van der Waals surface area (Å²) in [6, 6.07) is 25.7. The van der Waals surface area contributed by atoms with Crippen LogP contribution in [0.4, 0.5) is 5.69 Å². The lowest BCUT2D eigenvalue weighted by Gasteiger charge is -2.08. The van der Waals surface area contributed by atoms with Gasteiger partial charge in [-0.2, -0.15) is 5.10 Å². The first-order valence-corrected chi connectivity index (χ1v) is 10.8. The van der Waals surface area contributed by atoms with Crippen LogP contribution in [0.15, 0.2) is 100 Å². The average Bonchev–Trinajstić information content (AvgIpc) is 3.18. The van der Waals surface area contributed by atoms with Crippen molar-refractivity contribution in [3.05, 3.63) is 95.6 Å². The third kappa shape index (κ3) is 3.85. The van der Waals surface area contributed by atoms with Gasteiger partial charge in [0.15, 0.2) is 0 Å². The molecule has 0 aliphatic rings. The summed E-state index contributed by atoms with van der Waals surface area (Å²) in [6.45, 7) is 0. The Morgan fingerprint density at radius 1 is 0.821 bits per heavy atom. The summed E-state index contributed by atoms with van der Waals surface area (Å²) < 4.78 is 31.4. The van der Waals surface area contributed by atoms with Crippen LogP contribution in [0.2, 0.25) is 0 Å². The molecule has 1 aromatic heterocycles. The van der Waals surface area contributed by atoms with Crippen LogP contribution in [0.3, 0.4) is 0 Å². The topological polar surface area (TPSA) is 64.0 Å². The van der Waals surface area contributed by atoms with E-state index in [0.717, 1.165) is 15.7 Å². The van der Waals surface area contributed by atoms with Crippen molar-refractivity contribution in [1.29, 1.82) is 0 Å². The molecule has 0 saturated carbocycles. The molecule has 140 valence electrons. The molecule has 0 atom stereocenters. The Morgan fingerprint density at radius 3 is 2.07 bits per heavy atom. The Morgan fingerprint density at radius 2 is 1.43 bits per heavy atom. The number of rotatable bonds is 5. The first-order chi connectivity index (χ1) is 13.5. The van der Waals surface area contributed by atoms with Gasteiger partial charge in [-0.3, -0.25) is 4.72 Å². The van der Waals surface area contributed by atoms with E-state index in [9.17, 15) is 8.42 Å². The zero-order valence-electron chi connectivity index (χ0n) is 14.7. The molecule has 0 unspecified atom stereocenters. The molecule has 4 rings (SSSR count). The van der Waals surface area contributed by atoms with E-state index in [0.29, 0.717) is 11.4 Å². The van der Waals surface area contributed by atoms with Crippen LogP contribution in [0.1, 0.15) is 0 Å². The maximum absolute atomic E-state index is 13.1. The second kappa shape index (κ2) is 7.61. The van der Waals surface area contributed by atoms with Gasteiger partial charge >= 0.3 is 0 Å². The standard InChI is InChI=1S/C21H16BrN3O2S/c22-17-11-13-18(14-12-17)24-28(26,27)20-15-25(19-9-5-2-6-10-19)23-21(20)16-7-3-1-4-8-16/h1-15,24H. The lowest BCUT2D eigenvalue weighted by Crippen LogP contribution is -2.13. The van der Waals surface area contributed by atoms with Crippen LogP contribution >= 0.6 is 15.9 Å². The fourth-order valence-corrected chi connectivity index (χ4v) is 4.26. The van der Waals surface area contributed by atoms with Gasteiger partial charge in [-0.05, 0) is 36.4 Å². The van der Waals surface area contributed by atoms with Crippen LogP contribution in [-0.2, 0) is 10.0 Å². The molecule has 0 aliphatic carbocycles. The number of hydrogen-bond acceptors (Lipinski definition) is 3. The van der Waals surface area contributed by atoms with Gasteiger partial charge < -0.3 is 0 Å². The van der Waals surface area contributed by atoms with Crippen molar-refractivity contribution < 1.29 is 8.42 Å². The second-order valence-electron chi connectivity index (χ2n) is 6.10. The molecular formula is C21H16BrN3O2S. The van der Waals surface area contributed by atoms with Crippen molar-refractivity contribution in [3.8, 4) is 16.9 Å². The molecule has 0 amide bonds. The van der Waals surface area contributed by atoms with Crippen molar-refractivity contribution in [2.24, 2.45) is 0 Å². The Bertz CT molecular complexity index is 1190. The molecule has 0 radical (unpaired) electrons. The lowest BCUT2D eigenvalue weighted by atomic mass is 10.2. The van der Waals surface area contributed by atoms with Gasteiger partial charge in [0.25, 0.3) is 10.0 Å². The van der Waals surface area contributed by atoms with Crippen molar-refractivity contribution >= 4 is 31.6 Å². The molecule has 1 N–H and O–H groups in total. The van der Waals surface area contributed by atoms with Gasteiger partial charge in [-0.1, -0.05) is 64.5 Å². The molecule has 0 aliphatic heterocycles. The molecule has 7 heteroatoms. The first-order valence-electron chi connectivity index (χ1n) is 8.52. The lowest BCUT2D eigenvalue weighted by molar-refractivity contribution is 0.601. The highest BCUT2D eigenvalue weighted by Gasteiger charge is 2.24. The highest BCUT2D eigenvalue weighted by Crippen LogP contribution is 2.29. The van der Waals surface area contributed by atoms with Crippen LogP contribution in [-0.4, -0.2) is 18.2 Å². The minimum absolute atomic E-state index is 0.116. The summed E-state index contributed by atoms with van der Waals surface area (Å²) in [4.78, 5) is 0.116. The minimum atomic E-state index is -3.84. The maximum Gasteiger partial charge on any atom is 0.265 e. The Kier molecular flexibility index (Phi) is 5.02. The maximum atomic E-state index is 13.1. The number of para-hydroxylation sites is 1. The smallest absolute Gasteiger partial charge is 0.265 e. The fourth-order valence-electron chi connectivity index (χ4n) is 2.79. The summed E-state index contributed by atoms with van der Waals surface area (Å²) >= 11 is 3.35. The number of aromatic nitrogens is 2. The Labute approximate surface area is 171 Å². The predicted molar refractivity (Wildman–Crippen MR) is 114 cm³/mol. The highest BCUT2D eigenvalue weighted by molar-refractivity contribution is 9.10. The van der Waals surface area contributed by atoms with Crippen LogP contribution < -0.4 is 4.72 Å². The molecule has 28 heavy (non-hydrogen) atoms. The number of benzene rings is 3. The fraction of sp³-hybridized carbons (Fsp3) is 0. The largest absolute Gasteiger partial charge is 0.280 e. The van der Waals surface area contributed by atoms with Crippen molar-refractivity contribution in [1.82, 2.24) is 9.78 Å². The summed E-state index contributed by atoms with van der Waals surface area (Å²) in [6.07, 6.45) is 1.54. The molecule has 3 aromatic carbocycles. The third-order valence-electron chi connectivity index (χ3n) is 4.13. The van der Waals surface area contributed by atoms with E-state index >= 15 is 0 Å². The molecule has 0 fully saturated rings. The number of nitrogens with one attached hydrogen (secondary N) is 1. The van der Waals surface area contributed by atoms with Gasteiger partial charge in [-0.15, -0.1) is 0 Å². The van der Waals surface area contributed by atoms with Crippen LogP contribution in [0, 0.1) is 0 Å². The van der Waals surface area contributed by atoms with E-state index in [1.165, 1.54) is 0 Å². The van der Waals surface area contributed by atoms with E-state index in [1.807, 2.05) is 60.7 Å². The normalized spacial score (nSPS) is 11.3. The first kappa shape index (κ1) is 18.5. The van der Waals surface area contributed by atoms with E-state index < -0.39 is 10.0 Å². The van der Waals surface area contributed by atoms with Crippen molar-refractivity contribution in [2.45, 2.75) is 4.90 Å². The summed E-state index contributed by atoms with van der Waals surface area (Å²) in [5.74, 6) is 0. The Balaban J connectivity index is 1.82. The summed E-state index contributed by atoms with van der Waals surface area (Å²) in [5.41, 5.74) is 2.39. The van der Waals surface area contributed by atoms with Crippen LogP contribution in [0.25, 0.3) is 16.9 Å². The number of nitrogens with zero attached hydrogens (tertiary/aromatic N) is 2. The van der Waals surface area contributed by atoms with Gasteiger partial charge in [-0.25, -0.2) is 13.1 Å². The Hall–Kier alpha value is -2.90. The second-order valence-corrected chi connectivity index (χ2v) is 8.67. The molecule has 0 saturated heterocycles. The molecule has 5 nitrogen and oxygen atoms in total. The number of halogens is 1. The van der Waals surface area contributed by atoms with Gasteiger partial charge in [0.05, 0.1) is 11.9 Å². The van der Waals surface area contributed by atoms with Gasteiger partial charge in [0.1, 0.15) is 10.6 Å². The average molecular weight is 454 g/mol. The zero-order valence-corrected chi connectivity index (χ0v) is 17.1. The molecular weight excluding hydrogens is 438 g/mol. The van der Waals surface area contributed by atoms with E-state index in [1.54, 1.807) is 35.1 Å². The molecule has 1 heterocycles. The van der Waals surface area contributed by atoms with Gasteiger partial charge in [0.2, 0.25) is 0 Å². The van der Waals surface area contributed by atoms with Crippen molar-refractivity contribution in [3.63, 3.8) is 0 Å². The summed E-state index contributed by atoms with van der Waals surface area (Å²) in [5, 5.41) is 4.56. The number of anilines is 1. The SMILES string of the molecule is O=S(=O)(Nc1ccc(Br)cc1)c1cn(-c2ccccc2)nc1-c1ccccc1. The zero-order chi connectivity index (χ0) is 19.6. The van der Waals surface area contributed by atoms with E-state index in [2.05, 4.69) is 25.8 Å². The summed E-state index contributed by atoms with van der Waals surface area (Å²) in [7, 11) is -3.84. The molecule has 0 bridgehead atoms. The quantitative estimate of drug-likeness (QED) is 0.456. The predicted octanol–water partition coefficient (Wildman–Crippen LogP) is 5.10.